The zero-order valence-corrected chi connectivity index (χ0v) is 15.3. The number of nitrogens with zero attached hydrogens (tertiary/aromatic N) is 3. The molecule has 0 spiro atoms. The first-order valence-electron chi connectivity index (χ1n) is 8.67. The van der Waals surface area contributed by atoms with Gasteiger partial charge < -0.3 is 15.4 Å². The molecule has 0 unspecified atom stereocenters. The minimum atomic E-state index is -0.374. The number of aryl methyl sites for hydroxylation is 1. The Bertz CT molecular complexity index is 915. The molecule has 0 saturated heterocycles. The van der Waals surface area contributed by atoms with E-state index in [-0.39, 0.29) is 5.97 Å². The highest BCUT2D eigenvalue weighted by molar-refractivity contribution is 5.96. The number of carbonyl (C=O) groups is 1. The summed E-state index contributed by atoms with van der Waals surface area (Å²) in [4.78, 5) is 25.1. The van der Waals surface area contributed by atoms with Gasteiger partial charge in [0.2, 0.25) is 5.95 Å². The van der Waals surface area contributed by atoms with Crippen molar-refractivity contribution >= 4 is 23.4 Å². The van der Waals surface area contributed by atoms with Gasteiger partial charge in [-0.1, -0.05) is 18.2 Å². The van der Waals surface area contributed by atoms with Gasteiger partial charge in [0.25, 0.3) is 0 Å². The van der Waals surface area contributed by atoms with Gasteiger partial charge in [0.15, 0.2) is 0 Å². The van der Waals surface area contributed by atoms with Crippen molar-refractivity contribution in [3.05, 3.63) is 71.7 Å². The quantitative estimate of drug-likeness (QED) is 0.619. The van der Waals surface area contributed by atoms with Gasteiger partial charge in [0.1, 0.15) is 5.82 Å². The number of para-hydroxylation sites is 1. The molecule has 7 heteroatoms. The van der Waals surface area contributed by atoms with E-state index in [9.17, 15) is 4.79 Å². The van der Waals surface area contributed by atoms with E-state index in [2.05, 4.69) is 25.6 Å². The Morgan fingerprint density at radius 1 is 1.15 bits per heavy atom. The van der Waals surface area contributed by atoms with Gasteiger partial charge in [0.05, 0.1) is 17.9 Å². The van der Waals surface area contributed by atoms with E-state index in [1.807, 2.05) is 37.3 Å². The van der Waals surface area contributed by atoms with Crippen LogP contribution in [0.4, 0.5) is 17.5 Å². The lowest BCUT2D eigenvalue weighted by atomic mass is 10.2. The summed E-state index contributed by atoms with van der Waals surface area (Å²) in [5, 5.41) is 6.38. The Hall–Kier alpha value is -3.48. The molecule has 2 heterocycles. The fourth-order valence-electron chi connectivity index (χ4n) is 2.51. The molecule has 2 aromatic heterocycles. The highest BCUT2D eigenvalue weighted by Crippen LogP contribution is 2.22. The van der Waals surface area contributed by atoms with E-state index in [1.54, 1.807) is 31.5 Å². The van der Waals surface area contributed by atoms with Crippen molar-refractivity contribution in [3.8, 4) is 0 Å². The molecule has 0 amide bonds. The van der Waals surface area contributed by atoms with Crippen molar-refractivity contribution in [2.24, 2.45) is 0 Å². The summed E-state index contributed by atoms with van der Waals surface area (Å²) in [7, 11) is 0. The third-order valence-corrected chi connectivity index (χ3v) is 3.71. The average Bonchev–Trinajstić information content (AvgIpc) is 2.67. The lowest BCUT2D eigenvalue weighted by molar-refractivity contribution is 0.0527. The van der Waals surface area contributed by atoms with Crippen LogP contribution in [0.3, 0.4) is 0 Å². The fourth-order valence-corrected chi connectivity index (χ4v) is 2.51. The number of esters is 1. The second kappa shape index (κ2) is 8.75. The van der Waals surface area contributed by atoms with Gasteiger partial charge in [-0.2, -0.15) is 4.98 Å². The Morgan fingerprint density at radius 3 is 2.78 bits per heavy atom. The zero-order chi connectivity index (χ0) is 19.1. The molecule has 0 fully saturated rings. The lowest BCUT2D eigenvalue weighted by Gasteiger charge is -2.12. The van der Waals surface area contributed by atoms with E-state index in [0.29, 0.717) is 36.2 Å². The Morgan fingerprint density at radius 2 is 2.00 bits per heavy atom. The first-order valence-corrected chi connectivity index (χ1v) is 8.67. The maximum absolute atomic E-state index is 12.1. The van der Waals surface area contributed by atoms with Crippen LogP contribution in [0, 0.1) is 6.92 Å². The Kier molecular flexibility index (Phi) is 5.94. The average molecular weight is 363 g/mol. The number of hydrogen-bond donors (Lipinski definition) is 2. The molecule has 3 aromatic rings. The smallest absolute Gasteiger partial charge is 0.340 e. The topological polar surface area (TPSA) is 89.0 Å². The molecule has 138 valence electrons. The van der Waals surface area contributed by atoms with Crippen LogP contribution in [0.5, 0.6) is 0 Å². The van der Waals surface area contributed by atoms with Gasteiger partial charge in [-0.3, -0.25) is 4.98 Å². The second-order valence-electron chi connectivity index (χ2n) is 5.82. The van der Waals surface area contributed by atoms with Gasteiger partial charge in [-0.05, 0) is 37.6 Å². The predicted molar refractivity (Wildman–Crippen MR) is 104 cm³/mol. The van der Waals surface area contributed by atoms with Crippen molar-refractivity contribution < 1.29 is 9.53 Å². The van der Waals surface area contributed by atoms with Crippen LogP contribution in [0.15, 0.2) is 54.9 Å². The number of rotatable bonds is 7. The summed E-state index contributed by atoms with van der Waals surface area (Å²) in [6.45, 7) is 4.56. The first kappa shape index (κ1) is 18.3. The predicted octanol–water partition coefficient (Wildman–Crippen LogP) is 3.71. The molecule has 27 heavy (non-hydrogen) atoms. The number of aromatic nitrogens is 3. The fraction of sp³-hybridized carbons (Fsp3) is 0.200. The van der Waals surface area contributed by atoms with Gasteiger partial charge in [-0.15, -0.1) is 0 Å². The van der Waals surface area contributed by atoms with Gasteiger partial charge in [-0.25, -0.2) is 9.78 Å². The van der Waals surface area contributed by atoms with Crippen molar-refractivity contribution in [2.75, 3.05) is 17.2 Å². The van der Waals surface area contributed by atoms with Crippen LogP contribution in [0.2, 0.25) is 0 Å². The molecule has 7 nitrogen and oxygen atoms in total. The van der Waals surface area contributed by atoms with E-state index in [4.69, 9.17) is 4.74 Å². The maximum atomic E-state index is 12.1. The molecule has 1 aromatic carbocycles. The van der Waals surface area contributed by atoms with Crippen LogP contribution >= 0.6 is 0 Å². The van der Waals surface area contributed by atoms with Crippen molar-refractivity contribution in [3.63, 3.8) is 0 Å². The van der Waals surface area contributed by atoms with Crippen LogP contribution in [-0.2, 0) is 11.3 Å². The normalized spacial score (nSPS) is 10.3. The second-order valence-corrected chi connectivity index (χ2v) is 5.82. The summed E-state index contributed by atoms with van der Waals surface area (Å²) >= 11 is 0. The van der Waals surface area contributed by atoms with Crippen LogP contribution in [-0.4, -0.2) is 27.5 Å². The van der Waals surface area contributed by atoms with Crippen LogP contribution < -0.4 is 10.6 Å². The highest BCUT2D eigenvalue weighted by atomic mass is 16.5. The van der Waals surface area contributed by atoms with E-state index >= 15 is 0 Å². The first-order chi connectivity index (χ1) is 13.2. The molecule has 0 aliphatic carbocycles. The molecular formula is C20H21N5O2. The number of hydrogen-bond acceptors (Lipinski definition) is 7. The molecule has 0 aliphatic heterocycles. The molecule has 0 atom stereocenters. The van der Waals surface area contributed by atoms with E-state index in [1.165, 1.54) is 0 Å². The van der Waals surface area contributed by atoms with Crippen LogP contribution in [0.1, 0.15) is 28.5 Å². The van der Waals surface area contributed by atoms with Gasteiger partial charge >= 0.3 is 5.97 Å². The monoisotopic (exact) mass is 363 g/mol. The Labute approximate surface area is 157 Å². The summed E-state index contributed by atoms with van der Waals surface area (Å²) in [6, 6.07) is 12.8. The van der Waals surface area contributed by atoms with Crippen molar-refractivity contribution in [1.82, 2.24) is 15.0 Å². The zero-order valence-electron chi connectivity index (χ0n) is 15.3. The van der Waals surface area contributed by atoms with Gasteiger partial charge in [0, 0.05) is 30.7 Å². The third-order valence-electron chi connectivity index (χ3n) is 3.71. The van der Waals surface area contributed by atoms with Crippen molar-refractivity contribution in [2.45, 2.75) is 20.4 Å². The highest BCUT2D eigenvalue weighted by Gasteiger charge is 2.13. The van der Waals surface area contributed by atoms with E-state index < -0.39 is 0 Å². The summed E-state index contributed by atoms with van der Waals surface area (Å²) in [5.41, 5.74) is 2.92. The number of benzene rings is 1. The maximum Gasteiger partial charge on any atom is 0.340 e. The minimum Gasteiger partial charge on any atom is -0.462 e. The van der Waals surface area contributed by atoms with Crippen molar-refractivity contribution in [1.29, 1.82) is 0 Å². The summed E-state index contributed by atoms with van der Waals surface area (Å²) in [5.74, 6) is 0.712. The molecule has 0 radical (unpaired) electrons. The molecule has 3 rings (SSSR count). The molecule has 0 saturated carbocycles. The number of ether oxygens (including phenoxy) is 1. The summed E-state index contributed by atoms with van der Waals surface area (Å²) < 4.78 is 5.11. The SMILES string of the molecule is CCOC(=O)c1ccccc1Nc1cc(C)nc(NCc2cccnc2)n1. The number of carbonyl (C=O) groups excluding carboxylic acids is 1. The minimum absolute atomic E-state index is 0.322. The lowest BCUT2D eigenvalue weighted by Crippen LogP contribution is -2.09. The molecule has 2 N–H and O–H groups in total. The third kappa shape index (κ3) is 5.01. The standard InChI is InChI=1S/C20H21N5O2/c1-3-27-19(26)16-8-4-5-9-17(16)24-18-11-14(2)23-20(25-18)22-13-15-7-6-10-21-12-15/h4-12H,3,13H2,1-2H3,(H2,22,23,24,25). The number of nitrogens with one attached hydrogen (secondary N) is 2. The Balaban J connectivity index is 1.78. The molecular weight excluding hydrogens is 342 g/mol. The molecule has 0 bridgehead atoms. The molecule has 0 aliphatic rings. The van der Waals surface area contributed by atoms with E-state index in [0.717, 1.165) is 11.3 Å². The summed E-state index contributed by atoms with van der Waals surface area (Å²) in [6.07, 6.45) is 3.52. The number of anilines is 3. The number of pyridine rings is 1. The largest absolute Gasteiger partial charge is 0.462 e. The van der Waals surface area contributed by atoms with Crippen LogP contribution in [0.25, 0.3) is 0 Å².